The van der Waals surface area contributed by atoms with Gasteiger partial charge in [-0.25, -0.2) is 0 Å². The highest BCUT2D eigenvalue weighted by atomic mass is 16.6. The van der Waals surface area contributed by atoms with E-state index < -0.39 is 4.92 Å². The lowest BCUT2D eigenvalue weighted by Gasteiger charge is -2.11. The van der Waals surface area contributed by atoms with Gasteiger partial charge in [-0.05, 0) is 18.6 Å². The maximum Gasteiger partial charge on any atom is 0.311 e. The maximum absolute atomic E-state index is 11.1. The van der Waals surface area contributed by atoms with E-state index in [9.17, 15) is 10.1 Å². The predicted molar refractivity (Wildman–Crippen MR) is 83.7 cm³/mol. The summed E-state index contributed by atoms with van der Waals surface area (Å²) in [7, 11) is 0. The third-order valence-corrected chi connectivity index (χ3v) is 3.55. The summed E-state index contributed by atoms with van der Waals surface area (Å²) in [6, 6.07) is 14.2. The number of nitrogens with zero attached hydrogens (tertiary/aromatic N) is 1. The van der Waals surface area contributed by atoms with Crippen molar-refractivity contribution in [3.8, 4) is 11.5 Å². The molecule has 1 atom stereocenters. The van der Waals surface area contributed by atoms with Crippen LogP contribution in [0.4, 0.5) is 5.69 Å². The second-order valence-corrected chi connectivity index (χ2v) is 5.69. The van der Waals surface area contributed by atoms with Gasteiger partial charge < -0.3 is 14.2 Å². The molecule has 0 radical (unpaired) electrons. The van der Waals surface area contributed by atoms with Crippen LogP contribution in [0.5, 0.6) is 11.5 Å². The fourth-order valence-corrected chi connectivity index (χ4v) is 2.03. The van der Waals surface area contributed by atoms with E-state index in [0.717, 1.165) is 5.56 Å². The molecule has 0 bridgehead atoms. The van der Waals surface area contributed by atoms with Gasteiger partial charge in [-0.1, -0.05) is 30.3 Å². The minimum atomic E-state index is -0.466. The number of epoxide rings is 1. The Bertz CT molecular complexity index is 697. The van der Waals surface area contributed by atoms with Crippen molar-refractivity contribution >= 4 is 5.69 Å². The van der Waals surface area contributed by atoms with Crippen LogP contribution in [-0.2, 0) is 11.3 Å². The van der Waals surface area contributed by atoms with Gasteiger partial charge >= 0.3 is 5.69 Å². The largest absolute Gasteiger partial charge is 0.489 e. The lowest BCUT2D eigenvalue weighted by Crippen LogP contribution is -2.17. The van der Waals surface area contributed by atoms with Crippen LogP contribution in [0.1, 0.15) is 12.5 Å². The molecule has 0 spiro atoms. The Labute approximate surface area is 133 Å². The van der Waals surface area contributed by atoms with Crippen LogP contribution in [0.3, 0.4) is 0 Å². The zero-order chi connectivity index (χ0) is 16.3. The van der Waals surface area contributed by atoms with Gasteiger partial charge in [0, 0.05) is 12.1 Å². The van der Waals surface area contributed by atoms with Gasteiger partial charge in [-0.2, -0.15) is 0 Å². The van der Waals surface area contributed by atoms with Crippen molar-refractivity contribution in [1.29, 1.82) is 0 Å². The van der Waals surface area contributed by atoms with Gasteiger partial charge in [-0.15, -0.1) is 0 Å². The highest BCUT2D eigenvalue weighted by Gasteiger charge is 2.40. The van der Waals surface area contributed by atoms with Crippen molar-refractivity contribution in [2.24, 2.45) is 0 Å². The number of hydrogen-bond donors (Lipinski definition) is 0. The molecule has 1 fully saturated rings. The Morgan fingerprint density at radius 1 is 1.22 bits per heavy atom. The van der Waals surface area contributed by atoms with Crippen LogP contribution in [0, 0.1) is 10.1 Å². The van der Waals surface area contributed by atoms with Crippen molar-refractivity contribution in [2.75, 3.05) is 13.2 Å². The fourth-order valence-electron chi connectivity index (χ4n) is 2.03. The molecule has 0 saturated carbocycles. The average Bonchev–Trinajstić information content (AvgIpc) is 3.30. The number of ether oxygens (including phenoxy) is 3. The lowest BCUT2D eigenvalue weighted by atomic mass is 10.2. The molecule has 120 valence electrons. The molecule has 1 heterocycles. The lowest BCUT2D eigenvalue weighted by molar-refractivity contribution is -0.385. The van der Waals surface area contributed by atoms with E-state index >= 15 is 0 Å². The van der Waals surface area contributed by atoms with Crippen molar-refractivity contribution in [3.05, 3.63) is 64.2 Å². The predicted octanol–water partition coefficient (Wildman–Crippen LogP) is 3.34. The standard InChI is InChI=1S/C17H17NO5/c1-17(12-23-17)11-22-16-9-14(7-8-15(16)18(19)20)21-10-13-5-3-2-4-6-13/h2-9H,10-12H2,1H3. The number of rotatable bonds is 7. The number of benzene rings is 2. The van der Waals surface area contributed by atoms with Gasteiger partial charge in [0.15, 0.2) is 0 Å². The third kappa shape index (κ3) is 3.98. The fraction of sp³-hybridized carbons (Fsp3) is 0.294. The molecule has 1 aliphatic heterocycles. The molecule has 0 amide bonds. The molecule has 2 aromatic carbocycles. The van der Waals surface area contributed by atoms with E-state index in [2.05, 4.69) is 0 Å². The summed E-state index contributed by atoms with van der Waals surface area (Å²) < 4.78 is 16.5. The van der Waals surface area contributed by atoms with E-state index in [1.54, 1.807) is 12.1 Å². The Morgan fingerprint density at radius 2 is 1.96 bits per heavy atom. The molecule has 2 aromatic rings. The second-order valence-electron chi connectivity index (χ2n) is 5.69. The molecular weight excluding hydrogens is 298 g/mol. The molecule has 1 saturated heterocycles. The van der Waals surface area contributed by atoms with Crippen LogP contribution in [-0.4, -0.2) is 23.7 Å². The van der Waals surface area contributed by atoms with Crippen LogP contribution < -0.4 is 9.47 Å². The minimum absolute atomic E-state index is 0.0821. The SMILES string of the molecule is CC1(COc2cc(OCc3ccccc3)ccc2[N+](=O)[O-])CO1. The molecule has 1 aliphatic rings. The molecular formula is C17H17NO5. The zero-order valence-electron chi connectivity index (χ0n) is 12.7. The maximum atomic E-state index is 11.1. The first-order valence-electron chi connectivity index (χ1n) is 7.28. The van der Waals surface area contributed by atoms with Crippen LogP contribution in [0.25, 0.3) is 0 Å². The molecule has 0 aromatic heterocycles. The van der Waals surface area contributed by atoms with E-state index in [1.807, 2.05) is 37.3 Å². The Hall–Kier alpha value is -2.60. The van der Waals surface area contributed by atoms with Crippen molar-refractivity contribution < 1.29 is 19.1 Å². The van der Waals surface area contributed by atoms with Gasteiger partial charge in [0.1, 0.15) is 24.6 Å². The molecule has 3 rings (SSSR count). The second kappa shape index (κ2) is 6.26. The third-order valence-electron chi connectivity index (χ3n) is 3.55. The Balaban J connectivity index is 1.71. The van der Waals surface area contributed by atoms with E-state index in [4.69, 9.17) is 14.2 Å². The summed E-state index contributed by atoms with van der Waals surface area (Å²) in [5.74, 6) is 0.716. The Morgan fingerprint density at radius 3 is 2.61 bits per heavy atom. The monoisotopic (exact) mass is 315 g/mol. The van der Waals surface area contributed by atoms with Crippen LogP contribution in [0.15, 0.2) is 48.5 Å². The molecule has 0 aliphatic carbocycles. The highest BCUT2D eigenvalue weighted by molar-refractivity contribution is 5.50. The summed E-state index contributed by atoms with van der Waals surface area (Å²) in [5.41, 5.74) is 0.600. The first-order valence-corrected chi connectivity index (χ1v) is 7.28. The van der Waals surface area contributed by atoms with Crippen LogP contribution >= 0.6 is 0 Å². The average molecular weight is 315 g/mol. The van der Waals surface area contributed by atoms with Gasteiger partial charge in [0.2, 0.25) is 5.75 Å². The summed E-state index contributed by atoms with van der Waals surface area (Å²) in [6.45, 7) is 3.16. The summed E-state index contributed by atoms with van der Waals surface area (Å²) in [4.78, 5) is 10.6. The van der Waals surface area contributed by atoms with Gasteiger partial charge in [-0.3, -0.25) is 10.1 Å². The van der Waals surface area contributed by atoms with Crippen molar-refractivity contribution in [1.82, 2.24) is 0 Å². The van der Waals surface area contributed by atoms with Gasteiger partial charge in [0.05, 0.1) is 11.5 Å². The minimum Gasteiger partial charge on any atom is -0.489 e. The Kier molecular flexibility index (Phi) is 4.16. The van der Waals surface area contributed by atoms with Crippen molar-refractivity contribution in [2.45, 2.75) is 19.1 Å². The summed E-state index contributed by atoms with van der Waals surface area (Å²) in [5, 5.41) is 11.1. The summed E-state index contributed by atoms with van der Waals surface area (Å²) in [6.07, 6.45) is 0. The van der Waals surface area contributed by atoms with Gasteiger partial charge in [0.25, 0.3) is 0 Å². The van der Waals surface area contributed by atoms with E-state index in [-0.39, 0.29) is 23.6 Å². The molecule has 0 N–H and O–H groups in total. The number of nitro benzene ring substituents is 1. The van der Waals surface area contributed by atoms with Crippen LogP contribution in [0.2, 0.25) is 0 Å². The number of nitro groups is 1. The van der Waals surface area contributed by atoms with E-state index in [1.165, 1.54) is 6.07 Å². The topological polar surface area (TPSA) is 74.1 Å². The van der Waals surface area contributed by atoms with E-state index in [0.29, 0.717) is 19.0 Å². The highest BCUT2D eigenvalue weighted by Crippen LogP contribution is 2.34. The first-order chi connectivity index (χ1) is 11.1. The molecule has 23 heavy (non-hydrogen) atoms. The zero-order valence-corrected chi connectivity index (χ0v) is 12.7. The number of hydrogen-bond acceptors (Lipinski definition) is 5. The quantitative estimate of drug-likeness (QED) is 0.445. The first kappa shape index (κ1) is 15.3. The molecule has 6 heteroatoms. The molecule has 6 nitrogen and oxygen atoms in total. The normalized spacial score (nSPS) is 19.2. The summed E-state index contributed by atoms with van der Waals surface area (Å²) >= 11 is 0. The molecule has 1 unspecified atom stereocenters. The van der Waals surface area contributed by atoms with Crippen molar-refractivity contribution in [3.63, 3.8) is 0 Å². The smallest absolute Gasteiger partial charge is 0.311 e.